The Kier molecular flexibility index (Phi) is 5.97. The fraction of sp³-hybridized carbons (Fsp3) is 0.316. The van der Waals surface area contributed by atoms with Crippen molar-refractivity contribution in [3.8, 4) is 5.75 Å². The summed E-state index contributed by atoms with van der Waals surface area (Å²) in [5, 5.41) is 2.66. The Labute approximate surface area is 167 Å². The monoisotopic (exact) mass is 459 g/mol. The van der Waals surface area contributed by atoms with E-state index in [9.17, 15) is 18.0 Å². The van der Waals surface area contributed by atoms with Gasteiger partial charge in [0.2, 0.25) is 5.91 Å². The number of benzene rings is 2. The molecular weight excluding hydrogens is 443 g/mol. The van der Waals surface area contributed by atoms with Gasteiger partial charge in [0.1, 0.15) is 5.75 Å². The molecule has 1 fully saturated rings. The average Bonchev–Trinajstić information content (AvgIpc) is 2.63. The maximum atomic E-state index is 12.6. The van der Waals surface area contributed by atoms with Crippen LogP contribution in [0.3, 0.4) is 0 Å². The van der Waals surface area contributed by atoms with Crippen LogP contribution in [0.25, 0.3) is 0 Å². The van der Waals surface area contributed by atoms with Crippen LogP contribution in [0.15, 0.2) is 53.0 Å². The Morgan fingerprint density at radius 2 is 1.68 bits per heavy atom. The van der Waals surface area contributed by atoms with Gasteiger partial charge in [-0.2, -0.15) is 0 Å². The number of halogens is 4. The molecular formula is C19H17BrF3NO4. The lowest BCUT2D eigenvalue weighted by Crippen LogP contribution is -2.45. The maximum absolute atomic E-state index is 12.6. The largest absolute Gasteiger partial charge is 0.573 e. The zero-order valence-corrected chi connectivity index (χ0v) is 16.3. The second kappa shape index (κ2) is 8.10. The predicted molar refractivity (Wildman–Crippen MR) is 98.6 cm³/mol. The van der Waals surface area contributed by atoms with Crippen molar-refractivity contribution in [2.45, 2.75) is 19.6 Å². The zero-order valence-electron chi connectivity index (χ0n) is 14.8. The Hall–Kier alpha value is -2.10. The fourth-order valence-electron chi connectivity index (χ4n) is 2.57. The van der Waals surface area contributed by atoms with E-state index in [1.807, 2.05) is 24.3 Å². The van der Waals surface area contributed by atoms with E-state index >= 15 is 0 Å². The summed E-state index contributed by atoms with van der Waals surface area (Å²) >= 11 is 3.36. The molecule has 2 aromatic rings. The third kappa shape index (κ3) is 5.24. The summed E-state index contributed by atoms with van der Waals surface area (Å²) in [6.07, 6.45) is -5.33. The lowest BCUT2D eigenvalue weighted by molar-refractivity contribution is -0.274. The third-order valence-corrected chi connectivity index (χ3v) is 4.67. The van der Waals surface area contributed by atoms with E-state index in [0.717, 1.165) is 22.2 Å². The Balaban J connectivity index is 1.58. The van der Waals surface area contributed by atoms with Gasteiger partial charge in [0, 0.05) is 15.7 Å². The summed E-state index contributed by atoms with van der Waals surface area (Å²) in [6.45, 7) is 1.96. The van der Waals surface area contributed by atoms with Gasteiger partial charge in [0.25, 0.3) is 0 Å². The molecule has 1 aliphatic heterocycles. The molecule has 2 aromatic carbocycles. The van der Waals surface area contributed by atoms with Gasteiger partial charge in [-0.05, 0) is 43.3 Å². The van der Waals surface area contributed by atoms with Crippen LogP contribution in [0.2, 0.25) is 0 Å². The number of carbonyl (C=O) groups excluding carboxylic acids is 1. The number of nitrogens with one attached hydrogen (secondary N) is 1. The van der Waals surface area contributed by atoms with Crippen molar-refractivity contribution in [2.75, 3.05) is 18.5 Å². The van der Waals surface area contributed by atoms with Crippen LogP contribution in [-0.2, 0) is 14.3 Å². The van der Waals surface area contributed by atoms with Gasteiger partial charge in [0.05, 0.1) is 18.6 Å². The highest BCUT2D eigenvalue weighted by Gasteiger charge is 2.40. The molecule has 9 heteroatoms. The van der Waals surface area contributed by atoms with Gasteiger partial charge < -0.3 is 19.5 Å². The first-order chi connectivity index (χ1) is 13.1. The average molecular weight is 460 g/mol. The minimum absolute atomic E-state index is 0.134. The van der Waals surface area contributed by atoms with E-state index in [1.165, 1.54) is 12.1 Å². The molecule has 1 aliphatic rings. The normalized spacial score (nSPS) is 22.5. The molecule has 150 valence electrons. The number of anilines is 1. The minimum atomic E-state index is -4.76. The van der Waals surface area contributed by atoms with Crippen LogP contribution < -0.4 is 10.1 Å². The zero-order chi connectivity index (χ0) is 20.4. The molecule has 0 unspecified atom stereocenters. The first-order valence-corrected chi connectivity index (χ1v) is 9.10. The van der Waals surface area contributed by atoms with Crippen LogP contribution in [0, 0.1) is 5.41 Å². The van der Waals surface area contributed by atoms with E-state index in [1.54, 1.807) is 6.92 Å². The standard InChI is InChI=1S/C19H17BrF3NO4/c1-18(10-26-16(27-11-18)12-2-4-13(20)5-3-12)17(25)24-14-6-8-15(9-7-14)28-19(21,22)23/h2-9,16H,10-11H2,1H3,(H,24,25). The summed E-state index contributed by atoms with van der Waals surface area (Å²) in [4.78, 5) is 12.6. The lowest BCUT2D eigenvalue weighted by atomic mass is 9.90. The Morgan fingerprint density at radius 1 is 1.11 bits per heavy atom. The highest BCUT2D eigenvalue weighted by atomic mass is 79.9. The van der Waals surface area contributed by atoms with Crippen molar-refractivity contribution in [2.24, 2.45) is 5.41 Å². The van der Waals surface area contributed by atoms with Crippen molar-refractivity contribution in [1.29, 1.82) is 0 Å². The minimum Gasteiger partial charge on any atom is -0.406 e. The van der Waals surface area contributed by atoms with Crippen molar-refractivity contribution >= 4 is 27.5 Å². The second-order valence-corrected chi connectivity index (χ2v) is 7.51. The van der Waals surface area contributed by atoms with Crippen molar-refractivity contribution in [3.63, 3.8) is 0 Å². The number of ether oxygens (including phenoxy) is 3. The summed E-state index contributed by atoms with van der Waals surface area (Å²) in [5.41, 5.74) is 0.245. The number of alkyl halides is 3. The molecule has 1 amide bonds. The molecule has 0 aromatic heterocycles. The van der Waals surface area contributed by atoms with E-state index in [2.05, 4.69) is 26.0 Å². The van der Waals surface area contributed by atoms with Crippen molar-refractivity contribution in [1.82, 2.24) is 0 Å². The Morgan fingerprint density at radius 3 is 2.21 bits per heavy atom. The van der Waals surface area contributed by atoms with Gasteiger partial charge >= 0.3 is 6.36 Å². The molecule has 0 aliphatic carbocycles. The SMILES string of the molecule is CC1(C(=O)Nc2ccc(OC(F)(F)F)cc2)COC(c2ccc(Br)cc2)OC1. The van der Waals surface area contributed by atoms with Crippen LogP contribution in [-0.4, -0.2) is 25.5 Å². The Bertz CT molecular complexity index is 817. The van der Waals surface area contributed by atoms with Crippen LogP contribution in [0.4, 0.5) is 18.9 Å². The first-order valence-electron chi connectivity index (χ1n) is 8.31. The maximum Gasteiger partial charge on any atom is 0.573 e. The number of hydrogen-bond donors (Lipinski definition) is 1. The number of carbonyl (C=O) groups is 1. The quantitative estimate of drug-likeness (QED) is 0.695. The predicted octanol–water partition coefficient (Wildman–Crippen LogP) is 5.04. The van der Waals surface area contributed by atoms with E-state index in [4.69, 9.17) is 9.47 Å². The van der Waals surface area contributed by atoms with Crippen molar-refractivity contribution in [3.05, 3.63) is 58.6 Å². The van der Waals surface area contributed by atoms with Gasteiger partial charge in [-0.3, -0.25) is 4.79 Å². The molecule has 0 bridgehead atoms. The molecule has 3 rings (SSSR count). The highest BCUT2D eigenvalue weighted by molar-refractivity contribution is 9.10. The lowest BCUT2D eigenvalue weighted by Gasteiger charge is -2.36. The van der Waals surface area contributed by atoms with Crippen LogP contribution in [0.5, 0.6) is 5.75 Å². The first kappa shape index (κ1) is 20.6. The highest BCUT2D eigenvalue weighted by Crippen LogP contribution is 2.33. The van der Waals surface area contributed by atoms with Gasteiger partial charge in [0.15, 0.2) is 6.29 Å². The summed E-state index contributed by atoms with van der Waals surface area (Å²) in [7, 11) is 0. The fourth-order valence-corrected chi connectivity index (χ4v) is 2.84. The molecule has 0 spiro atoms. The third-order valence-electron chi connectivity index (χ3n) is 4.14. The topological polar surface area (TPSA) is 56.8 Å². The smallest absolute Gasteiger partial charge is 0.406 e. The second-order valence-electron chi connectivity index (χ2n) is 6.59. The van der Waals surface area contributed by atoms with Crippen molar-refractivity contribution < 1.29 is 32.2 Å². The van der Waals surface area contributed by atoms with Gasteiger partial charge in [-0.1, -0.05) is 28.1 Å². The van der Waals surface area contributed by atoms with E-state index in [0.29, 0.717) is 5.69 Å². The molecule has 0 saturated carbocycles. The number of amides is 1. The number of rotatable bonds is 4. The molecule has 0 atom stereocenters. The molecule has 5 nitrogen and oxygen atoms in total. The van der Waals surface area contributed by atoms with Gasteiger partial charge in [-0.25, -0.2) is 0 Å². The van der Waals surface area contributed by atoms with Gasteiger partial charge in [-0.15, -0.1) is 13.2 Å². The summed E-state index contributed by atoms with van der Waals surface area (Å²) in [6, 6.07) is 12.4. The molecule has 1 N–H and O–H groups in total. The molecule has 28 heavy (non-hydrogen) atoms. The number of hydrogen-bond acceptors (Lipinski definition) is 4. The van der Waals surface area contributed by atoms with E-state index in [-0.39, 0.29) is 24.9 Å². The summed E-state index contributed by atoms with van der Waals surface area (Å²) < 4.78 is 52.7. The van der Waals surface area contributed by atoms with E-state index < -0.39 is 18.1 Å². The van der Waals surface area contributed by atoms with Crippen LogP contribution >= 0.6 is 15.9 Å². The molecule has 1 saturated heterocycles. The molecule has 0 radical (unpaired) electrons. The molecule has 1 heterocycles. The van der Waals surface area contributed by atoms with Crippen LogP contribution in [0.1, 0.15) is 18.8 Å². The summed E-state index contributed by atoms with van der Waals surface area (Å²) in [5.74, 6) is -0.718.